The van der Waals surface area contributed by atoms with Crippen LogP contribution in [0.5, 0.6) is 0 Å². The minimum Gasteiger partial charge on any atom is -0.387 e. The van der Waals surface area contributed by atoms with Crippen LogP contribution in [0.1, 0.15) is 58.8 Å². The molecule has 1 atom stereocenters. The molecule has 0 amide bonds. The lowest BCUT2D eigenvalue weighted by atomic mass is 9.86. The molecule has 0 spiro atoms. The van der Waals surface area contributed by atoms with E-state index in [9.17, 15) is 5.11 Å². The van der Waals surface area contributed by atoms with Crippen molar-refractivity contribution in [3.63, 3.8) is 0 Å². The molecule has 2 heteroatoms. The lowest BCUT2D eigenvalue weighted by molar-refractivity contribution is 0.108. The van der Waals surface area contributed by atoms with Gasteiger partial charge in [0.2, 0.25) is 0 Å². The van der Waals surface area contributed by atoms with Crippen LogP contribution in [0.2, 0.25) is 0 Å². The molecule has 0 bridgehead atoms. The van der Waals surface area contributed by atoms with Crippen molar-refractivity contribution in [3.05, 3.63) is 35.4 Å². The van der Waals surface area contributed by atoms with E-state index in [-0.39, 0.29) is 10.8 Å². The lowest BCUT2D eigenvalue weighted by Crippen LogP contribution is -2.32. The maximum absolute atomic E-state index is 10.3. The number of aliphatic hydroxyl groups excluding tert-OH is 1. The van der Waals surface area contributed by atoms with Gasteiger partial charge in [0.15, 0.2) is 0 Å². The fraction of sp³-hybridized carbons (Fsp3) is 0.667. The maximum atomic E-state index is 10.3. The molecule has 1 N–H and O–H groups in total. The third-order valence-corrected chi connectivity index (χ3v) is 3.39. The van der Waals surface area contributed by atoms with Crippen molar-refractivity contribution in [3.8, 4) is 0 Å². The lowest BCUT2D eigenvalue weighted by Gasteiger charge is -2.28. The number of hydrogen-bond acceptors (Lipinski definition) is 2. The van der Waals surface area contributed by atoms with E-state index in [0.717, 1.165) is 12.1 Å². The maximum Gasteiger partial charge on any atom is 0.0916 e. The van der Waals surface area contributed by atoms with Gasteiger partial charge in [-0.25, -0.2) is 0 Å². The van der Waals surface area contributed by atoms with Crippen LogP contribution in [-0.2, 0) is 5.41 Å². The standard InChI is InChI=1S/C18H31NO/c1-17(2,3)13-19(7)12-16(20)14-8-10-15(11-9-14)18(4,5)6/h8-11,16,20H,12-13H2,1-7H3. The highest BCUT2D eigenvalue weighted by Crippen LogP contribution is 2.24. The molecular weight excluding hydrogens is 246 g/mol. The van der Waals surface area contributed by atoms with Crippen LogP contribution in [0.3, 0.4) is 0 Å². The van der Waals surface area contributed by atoms with Gasteiger partial charge < -0.3 is 10.0 Å². The van der Waals surface area contributed by atoms with Crippen molar-refractivity contribution in [2.45, 2.75) is 53.1 Å². The highest BCUT2D eigenvalue weighted by atomic mass is 16.3. The molecule has 1 aromatic rings. The van der Waals surface area contributed by atoms with Crippen molar-refractivity contribution < 1.29 is 5.11 Å². The monoisotopic (exact) mass is 277 g/mol. The Balaban J connectivity index is 2.66. The van der Waals surface area contributed by atoms with E-state index in [4.69, 9.17) is 0 Å². The molecule has 0 aliphatic carbocycles. The molecule has 114 valence electrons. The quantitative estimate of drug-likeness (QED) is 0.899. The van der Waals surface area contributed by atoms with Crippen LogP contribution in [-0.4, -0.2) is 30.1 Å². The molecule has 0 saturated heterocycles. The Morgan fingerprint density at radius 3 is 1.90 bits per heavy atom. The molecule has 0 fully saturated rings. The van der Waals surface area contributed by atoms with E-state index in [1.807, 2.05) is 0 Å². The Morgan fingerprint density at radius 1 is 1.00 bits per heavy atom. The van der Waals surface area contributed by atoms with Gasteiger partial charge in [0.25, 0.3) is 0 Å². The van der Waals surface area contributed by atoms with Crippen molar-refractivity contribution in [1.82, 2.24) is 4.90 Å². The molecule has 0 aromatic heterocycles. The fourth-order valence-corrected chi connectivity index (χ4v) is 2.48. The average molecular weight is 277 g/mol. The highest BCUT2D eigenvalue weighted by Gasteiger charge is 2.18. The summed E-state index contributed by atoms with van der Waals surface area (Å²) in [4.78, 5) is 2.20. The Hall–Kier alpha value is -0.860. The number of aliphatic hydroxyl groups is 1. The first-order chi connectivity index (χ1) is 8.99. The Kier molecular flexibility index (Phi) is 5.39. The van der Waals surface area contributed by atoms with Gasteiger partial charge in [-0.2, -0.15) is 0 Å². The first kappa shape index (κ1) is 17.2. The van der Waals surface area contributed by atoms with Crippen molar-refractivity contribution in [1.29, 1.82) is 0 Å². The van der Waals surface area contributed by atoms with Gasteiger partial charge in [-0.05, 0) is 29.0 Å². The van der Waals surface area contributed by atoms with Gasteiger partial charge in [-0.1, -0.05) is 65.8 Å². The molecule has 20 heavy (non-hydrogen) atoms. The summed E-state index contributed by atoms with van der Waals surface area (Å²) in [6.45, 7) is 14.9. The van der Waals surface area contributed by atoms with E-state index in [1.54, 1.807) is 0 Å². The zero-order chi connectivity index (χ0) is 15.6. The van der Waals surface area contributed by atoms with Crippen molar-refractivity contribution in [2.24, 2.45) is 5.41 Å². The van der Waals surface area contributed by atoms with E-state index < -0.39 is 6.10 Å². The van der Waals surface area contributed by atoms with Crippen LogP contribution >= 0.6 is 0 Å². The van der Waals surface area contributed by atoms with E-state index in [1.165, 1.54) is 5.56 Å². The molecular formula is C18H31NO. The van der Waals surface area contributed by atoms with Gasteiger partial charge >= 0.3 is 0 Å². The second-order valence-corrected chi connectivity index (χ2v) is 8.15. The molecule has 1 rings (SSSR count). The number of benzene rings is 1. The molecule has 0 aliphatic heterocycles. The first-order valence-electron chi connectivity index (χ1n) is 7.46. The molecule has 0 heterocycles. The summed E-state index contributed by atoms with van der Waals surface area (Å²) in [5.74, 6) is 0. The third-order valence-electron chi connectivity index (χ3n) is 3.39. The molecule has 0 aliphatic rings. The summed E-state index contributed by atoms with van der Waals surface area (Å²) in [5, 5.41) is 10.3. The molecule has 0 radical (unpaired) electrons. The average Bonchev–Trinajstić information content (AvgIpc) is 2.25. The zero-order valence-corrected chi connectivity index (χ0v) is 14.2. The highest BCUT2D eigenvalue weighted by molar-refractivity contribution is 5.28. The van der Waals surface area contributed by atoms with Gasteiger partial charge in [0, 0.05) is 13.1 Å². The minimum atomic E-state index is -0.420. The smallest absolute Gasteiger partial charge is 0.0916 e. The van der Waals surface area contributed by atoms with E-state index >= 15 is 0 Å². The predicted octanol–water partition coefficient (Wildman–Crippen LogP) is 4.00. The Morgan fingerprint density at radius 2 is 1.50 bits per heavy atom. The van der Waals surface area contributed by atoms with E-state index in [2.05, 4.69) is 77.8 Å². The first-order valence-corrected chi connectivity index (χ1v) is 7.46. The van der Waals surface area contributed by atoms with Crippen molar-refractivity contribution in [2.75, 3.05) is 20.1 Å². The zero-order valence-electron chi connectivity index (χ0n) is 14.2. The number of likely N-dealkylation sites (N-methyl/N-ethyl adjacent to an activating group) is 1. The molecule has 1 aromatic carbocycles. The summed E-state index contributed by atoms with van der Waals surface area (Å²) in [7, 11) is 2.07. The van der Waals surface area contributed by atoms with Crippen LogP contribution in [0, 0.1) is 5.41 Å². The van der Waals surface area contributed by atoms with Crippen molar-refractivity contribution >= 4 is 0 Å². The normalized spacial score (nSPS) is 14.7. The molecule has 2 nitrogen and oxygen atoms in total. The minimum absolute atomic E-state index is 0.159. The van der Waals surface area contributed by atoms with Gasteiger partial charge in [0.05, 0.1) is 6.10 Å². The SMILES string of the molecule is CN(CC(O)c1ccc(C(C)(C)C)cc1)CC(C)(C)C. The Labute approximate surface area is 124 Å². The van der Waals surface area contributed by atoms with Crippen LogP contribution in [0.15, 0.2) is 24.3 Å². The van der Waals surface area contributed by atoms with Crippen LogP contribution in [0.25, 0.3) is 0 Å². The van der Waals surface area contributed by atoms with Crippen LogP contribution in [0.4, 0.5) is 0 Å². The fourth-order valence-electron chi connectivity index (χ4n) is 2.48. The summed E-state index contributed by atoms with van der Waals surface area (Å²) >= 11 is 0. The third kappa shape index (κ3) is 5.64. The summed E-state index contributed by atoms with van der Waals surface area (Å²) in [6.07, 6.45) is -0.420. The topological polar surface area (TPSA) is 23.5 Å². The summed E-state index contributed by atoms with van der Waals surface area (Å²) in [6, 6.07) is 8.36. The predicted molar refractivity (Wildman–Crippen MR) is 87.1 cm³/mol. The number of nitrogens with zero attached hydrogens (tertiary/aromatic N) is 1. The van der Waals surface area contributed by atoms with E-state index in [0.29, 0.717) is 6.54 Å². The number of hydrogen-bond donors (Lipinski definition) is 1. The second kappa shape index (κ2) is 6.28. The second-order valence-electron chi connectivity index (χ2n) is 8.15. The van der Waals surface area contributed by atoms with Crippen LogP contribution < -0.4 is 0 Å². The Bertz CT molecular complexity index is 409. The largest absolute Gasteiger partial charge is 0.387 e. The molecule has 0 saturated carbocycles. The number of rotatable bonds is 4. The summed E-state index contributed by atoms with van der Waals surface area (Å²) < 4.78 is 0. The summed E-state index contributed by atoms with van der Waals surface area (Å²) in [5.41, 5.74) is 2.71. The van der Waals surface area contributed by atoms with Gasteiger partial charge in [-0.15, -0.1) is 0 Å². The van der Waals surface area contributed by atoms with Gasteiger partial charge in [-0.3, -0.25) is 0 Å². The molecule has 1 unspecified atom stereocenters. The van der Waals surface area contributed by atoms with Gasteiger partial charge in [0.1, 0.15) is 0 Å².